The first-order chi connectivity index (χ1) is 8.56. The molecule has 1 aromatic heterocycles. The summed E-state index contributed by atoms with van der Waals surface area (Å²) in [5, 5.41) is 3.08. The average Bonchev–Trinajstić information content (AvgIpc) is 2.70. The fourth-order valence-corrected chi connectivity index (χ4v) is 2.43. The minimum absolute atomic E-state index is 0.199. The van der Waals surface area contributed by atoms with Crippen LogP contribution in [-0.2, 0) is 13.1 Å². The number of aromatic nitrogens is 1. The smallest absolute Gasteiger partial charge is 0.150 e. The number of nitrogens with zero attached hydrogens (tertiary/aromatic N) is 2. The van der Waals surface area contributed by atoms with Gasteiger partial charge in [0.15, 0.2) is 5.82 Å². The summed E-state index contributed by atoms with van der Waals surface area (Å²) in [5.41, 5.74) is 7.38. The summed E-state index contributed by atoms with van der Waals surface area (Å²) in [5.74, 6) is -0.321. The highest BCUT2D eigenvalue weighted by molar-refractivity contribution is 7.09. The monoisotopic (exact) mass is 265 g/mol. The van der Waals surface area contributed by atoms with Crippen LogP contribution in [0.2, 0.25) is 0 Å². The van der Waals surface area contributed by atoms with Gasteiger partial charge in [0.05, 0.1) is 16.4 Å². The van der Waals surface area contributed by atoms with Gasteiger partial charge in [0.25, 0.3) is 0 Å². The third-order valence-corrected chi connectivity index (χ3v) is 3.47. The molecule has 1 heterocycles. The Labute approximate surface area is 110 Å². The molecule has 0 amide bonds. The fraction of sp³-hybridized carbons (Fsp3) is 0.308. The van der Waals surface area contributed by atoms with E-state index in [0.717, 1.165) is 10.7 Å². The number of rotatable bonds is 4. The average molecular weight is 265 g/mol. The number of thiazole rings is 1. The van der Waals surface area contributed by atoms with Crippen molar-refractivity contribution in [3.8, 4) is 0 Å². The van der Waals surface area contributed by atoms with E-state index in [1.807, 2.05) is 24.3 Å². The van der Waals surface area contributed by atoms with Crippen LogP contribution in [0, 0.1) is 12.7 Å². The highest BCUT2D eigenvalue weighted by Crippen LogP contribution is 2.17. The number of benzene rings is 1. The molecule has 0 aliphatic heterocycles. The normalized spacial score (nSPS) is 11.1. The molecule has 2 rings (SSSR count). The van der Waals surface area contributed by atoms with Crippen molar-refractivity contribution in [3.05, 3.63) is 45.7 Å². The van der Waals surface area contributed by atoms with Crippen LogP contribution in [0.4, 0.5) is 10.1 Å². The van der Waals surface area contributed by atoms with E-state index in [-0.39, 0.29) is 11.5 Å². The summed E-state index contributed by atoms with van der Waals surface area (Å²) < 4.78 is 13.7. The Bertz CT molecular complexity index is 539. The second kappa shape index (κ2) is 5.46. The zero-order valence-electron chi connectivity index (χ0n) is 10.5. The summed E-state index contributed by atoms with van der Waals surface area (Å²) in [7, 11) is 1.94. The molecule has 0 saturated heterocycles. The topological polar surface area (TPSA) is 42.2 Å². The summed E-state index contributed by atoms with van der Waals surface area (Å²) >= 11 is 1.63. The predicted octanol–water partition coefficient (Wildman–Crippen LogP) is 2.80. The van der Waals surface area contributed by atoms with Crippen molar-refractivity contribution in [3.63, 3.8) is 0 Å². The van der Waals surface area contributed by atoms with E-state index in [0.29, 0.717) is 18.7 Å². The summed E-state index contributed by atoms with van der Waals surface area (Å²) in [6.45, 7) is 3.21. The van der Waals surface area contributed by atoms with E-state index >= 15 is 0 Å². The van der Waals surface area contributed by atoms with Crippen LogP contribution >= 0.6 is 11.3 Å². The Morgan fingerprint density at radius 2 is 2.17 bits per heavy atom. The minimum atomic E-state index is -0.321. The van der Waals surface area contributed by atoms with Gasteiger partial charge in [0.2, 0.25) is 0 Å². The molecule has 3 nitrogen and oxygen atoms in total. The molecule has 0 spiro atoms. The number of hydrogen-bond donors (Lipinski definition) is 1. The van der Waals surface area contributed by atoms with Gasteiger partial charge in [-0.2, -0.15) is 0 Å². The van der Waals surface area contributed by atoms with Crippen LogP contribution in [-0.4, -0.2) is 16.9 Å². The maximum absolute atomic E-state index is 13.7. The summed E-state index contributed by atoms with van der Waals surface area (Å²) in [6, 6.07) is 5.10. The van der Waals surface area contributed by atoms with Crippen LogP contribution in [0.3, 0.4) is 0 Å². The van der Waals surface area contributed by atoms with Gasteiger partial charge >= 0.3 is 0 Å². The first kappa shape index (κ1) is 13.0. The molecule has 96 valence electrons. The number of anilines is 1. The molecule has 18 heavy (non-hydrogen) atoms. The molecule has 0 unspecified atom stereocenters. The van der Waals surface area contributed by atoms with Crippen molar-refractivity contribution >= 4 is 17.0 Å². The lowest BCUT2D eigenvalue weighted by atomic mass is 10.1. The van der Waals surface area contributed by atoms with E-state index in [9.17, 15) is 4.39 Å². The molecule has 2 N–H and O–H groups in total. The number of nitrogen functional groups attached to an aromatic ring is 1. The van der Waals surface area contributed by atoms with Crippen molar-refractivity contribution in [1.29, 1.82) is 0 Å². The van der Waals surface area contributed by atoms with E-state index in [4.69, 9.17) is 5.73 Å². The zero-order chi connectivity index (χ0) is 13.1. The molecule has 0 radical (unpaired) electrons. The lowest BCUT2D eigenvalue weighted by molar-refractivity contribution is 0.310. The van der Waals surface area contributed by atoms with Gasteiger partial charge < -0.3 is 5.73 Å². The zero-order valence-corrected chi connectivity index (χ0v) is 11.3. The molecule has 0 saturated carbocycles. The van der Waals surface area contributed by atoms with E-state index in [2.05, 4.69) is 4.98 Å². The van der Waals surface area contributed by atoms with Gasteiger partial charge in [-0.15, -0.1) is 11.3 Å². The highest BCUT2D eigenvalue weighted by atomic mass is 32.1. The number of halogens is 1. The van der Waals surface area contributed by atoms with Crippen molar-refractivity contribution in [2.24, 2.45) is 0 Å². The summed E-state index contributed by atoms with van der Waals surface area (Å²) in [4.78, 5) is 6.41. The highest BCUT2D eigenvalue weighted by Gasteiger charge is 2.09. The van der Waals surface area contributed by atoms with Gasteiger partial charge in [-0.05, 0) is 20.0 Å². The van der Waals surface area contributed by atoms with Crippen LogP contribution in [0.1, 0.15) is 16.3 Å². The second-order valence-corrected chi connectivity index (χ2v) is 5.41. The number of nitrogens with two attached hydrogens (primary N) is 1. The lowest BCUT2D eigenvalue weighted by Gasteiger charge is -2.16. The number of aryl methyl sites for hydroxylation is 1. The SMILES string of the molecule is Cc1nc(CN(C)Cc2cccc(N)c2F)cs1. The van der Waals surface area contributed by atoms with Gasteiger partial charge in [-0.3, -0.25) is 4.90 Å². The molecule has 5 heteroatoms. The standard InChI is InChI=1S/C13H16FN3S/c1-9-16-11(8-18-9)7-17(2)6-10-4-3-5-12(15)13(10)14/h3-5,8H,6-7,15H2,1-2H3. The quantitative estimate of drug-likeness (QED) is 0.864. The lowest BCUT2D eigenvalue weighted by Crippen LogP contribution is -2.18. The third-order valence-electron chi connectivity index (χ3n) is 2.65. The third kappa shape index (κ3) is 3.05. The van der Waals surface area contributed by atoms with Crippen LogP contribution in [0.5, 0.6) is 0 Å². The molecule has 1 aromatic carbocycles. The molecule has 0 bridgehead atoms. The molecule has 0 fully saturated rings. The van der Waals surface area contributed by atoms with Gasteiger partial charge in [-0.25, -0.2) is 9.37 Å². The van der Waals surface area contributed by atoms with Crippen LogP contribution < -0.4 is 5.73 Å². The van der Waals surface area contributed by atoms with E-state index < -0.39 is 0 Å². The van der Waals surface area contributed by atoms with E-state index in [1.165, 1.54) is 0 Å². The molecule has 0 aliphatic carbocycles. The Hall–Kier alpha value is -1.46. The molecular weight excluding hydrogens is 249 g/mol. The van der Waals surface area contributed by atoms with E-state index in [1.54, 1.807) is 29.5 Å². The van der Waals surface area contributed by atoms with Crippen molar-refractivity contribution < 1.29 is 4.39 Å². The largest absolute Gasteiger partial charge is 0.396 e. The number of hydrogen-bond acceptors (Lipinski definition) is 4. The van der Waals surface area contributed by atoms with Crippen LogP contribution in [0.15, 0.2) is 23.6 Å². The molecule has 2 aromatic rings. The maximum Gasteiger partial charge on any atom is 0.150 e. The van der Waals surface area contributed by atoms with Crippen LogP contribution in [0.25, 0.3) is 0 Å². The first-order valence-corrected chi connectivity index (χ1v) is 6.56. The Morgan fingerprint density at radius 1 is 1.39 bits per heavy atom. The van der Waals surface area contributed by atoms with Crippen molar-refractivity contribution in [2.45, 2.75) is 20.0 Å². The predicted molar refractivity (Wildman–Crippen MR) is 72.8 cm³/mol. The molecular formula is C13H16FN3S. The minimum Gasteiger partial charge on any atom is -0.396 e. The first-order valence-electron chi connectivity index (χ1n) is 5.68. The van der Waals surface area contributed by atoms with Gasteiger partial charge in [0.1, 0.15) is 0 Å². The summed E-state index contributed by atoms with van der Waals surface area (Å²) in [6.07, 6.45) is 0. The van der Waals surface area contributed by atoms with Gasteiger partial charge in [0, 0.05) is 24.0 Å². The van der Waals surface area contributed by atoms with Crippen molar-refractivity contribution in [1.82, 2.24) is 9.88 Å². The Kier molecular flexibility index (Phi) is 3.93. The second-order valence-electron chi connectivity index (χ2n) is 4.35. The maximum atomic E-state index is 13.7. The Balaban J connectivity index is 2.03. The van der Waals surface area contributed by atoms with Crippen molar-refractivity contribution in [2.75, 3.05) is 12.8 Å². The molecule has 0 aliphatic rings. The Morgan fingerprint density at radius 3 is 2.83 bits per heavy atom. The molecule has 0 atom stereocenters. The fourth-order valence-electron chi connectivity index (χ4n) is 1.83. The van der Waals surface area contributed by atoms with Gasteiger partial charge in [-0.1, -0.05) is 12.1 Å².